The summed E-state index contributed by atoms with van der Waals surface area (Å²) >= 11 is 5.24. The first-order chi connectivity index (χ1) is 9.59. The van der Waals surface area contributed by atoms with Crippen molar-refractivity contribution in [3.05, 3.63) is 0 Å². The molecular weight excluding hydrogens is 268 g/mol. The molecule has 3 nitrogen and oxygen atoms in total. The summed E-state index contributed by atoms with van der Waals surface area (Å²) in [5, 5.41) is 3.21. The van der Waals surface area contributed by atoms with Gasteiger partial charge in [-0.3, -0.25) is 4.79 Å². The predicted molar refractivity (Wildman–Crippen MR) is 84.3 cm³/mol. The minimum atomic E-state index is -0.387. The van der Waals surface area contributed by atoms with Gasteiger partial charge in [-0.25, -0.2) is 0 Å². The molecule has 0 saturated heterocycles. The van der Waals surface area contributed by atoms with Gasteiger partial charge in [-0.05, 0) is 49.9 Å². The van der Waals surface area contributed by atoms with E-state index in [1.165, 1.54) is 32.1 Å². The highest BCUT2D eigenvalue weighted by atomic mass is 32.1. The Labute approximate surface area is 127 Å². The molecule has 4 heteroatoms. The van der Waals surface area contributed by atoms with Crippen LogP contribution in [0.3, 0.4) is 0 Å². The topological polar surface area (TPSA) is 55.1 Å². The standard InChI is InChI=1S/C16H26N2OS/c17-15(20)16(6-2-1-3-7-16)18-14(19)10-13-9-11-4-5-12(13)8-11/h11-13H,1-10H2,(H2,17,20)(H,18,19). The van der Waals surface area contributed by atoms with Crippen molar-refractivity contribution in [2.75, 3.05) is 0 Å². The van der Waals surface area contributed by atoms with Gasteiger partial charge in [0.1, 0.15) is 0 Å². The van der Waals surface area contributed by atoms with Gasteiger partial charge in [0, 0.05) is 6.42 Å². The molecule has 2 bridgehead atoms. The summed E-state index contributed by atoms with van der Waals surface area (Å²) in [6.07, 6.45) is 11.3. The number of carbonyl (C=O) groups excluding carboxylic acids is 1. The number of thiocarbonyl (C=S) groups is 1. The summed E-state index contributed by atoms with van der Waals surface area (Å²) in [6.45, 7) is 0. The summed E-state index contributed by atoms with van der Waals surface area (Å²) in [4.78, 5) is 12.9. The third kappa shape index (κ3) is 2.72. The van der Waals surface area contributed by atoms with Gasteiger partial charge >= 0.3 is 0 Å². The second kappa shape index (κ2) is 5.63. The molecule has 0 heterocycles. The van der Waals surface area contributed by atoms with E-state index in [0.29, 0.717) is 17.3 Å². The summed E-state index contributed by atoms with van der Waals surface area (Å²) in [5.41, 5.74) is 5.55. The van der Waals surface area contributed by atoms with Crippen molar-refractivity contribution >= 4 is 23.1 Å². The van der Waals surface area contributed by atoms with Crippen molar-refractivity contribution < 1.29 is 4.79 Å². The van der Waals surface area contributed by atoms with E-state index in [0.717, 1.165) is 37.5 Å². The maximum atomic E-state index is 12.4. The van der Waals surface area contributed by atoms with Gasteiger partial charge in [-0.2, -0.15) is 0 Å². The fourth-order valence-corrected chi connectivity index (χ4v) is 5.03. The van der Waals surface area contributed by atoms with Crippen LogP contribution in [0.1, 0.15) is 64.2 Å². The van der Waals surface area contributed by atoms with Crippen molar-refractivity contribution in [1.82, 2.24) is 5.32 Å². The largest absolute Gasteiger partial charge is 0.391 e. The molecule has 3 atom stereocenters. The van der Waals surface area contributed by atoms with Gasteiger partial charge in [0.15, 0.2) is 0 Å². The van der Waals surface area contributed by atoms with Crippen LogP contribution in [0, 0.1) is 17.8 Å². The number of nitrogens with one attached hydrogen (secondary N) is 1. The lowest BCUT2D eigenvalue weighted by Gasteiger charge is -2.37. The van der Waals surface area contributed by atoms with Crippen LogP contribution in [0.25, 0.3) is 0 Å². The van der Waals surface area contributed by atoms with E-state index in [4.69, 9.17) is 18.0 Å². The number of carbonyl (C=O) groups is 1. The van der Waals surface area contributed by atoms with Crippen molar-refractivity contribution in [3.63, 3.8) is 0 Å². The normalized spacial score (nSPS) is 34.9. The Bertz CT molecular complexity index is 403. The molecule has 0 spiro atoms. The van der Waals surface area contributed by atoms with Crippen LogP contribution in [0.15, 0.2) is 0 Å². The molecule has 112 valence electrons. The van der Waals surface area contributed by atoms with E-state index >= 15 is 0 Å². The second-order valence-electron chi connectivity index (χ2n) is 7.19. The molecular formula is C16H26N2OS. The quantitative estimate of drug-likeness (QED) is 0.784. The molecule has 3 aliphatic carbocycles. The van der Waals surface area contributed by atoms with Crippen molar-refractivity contribution in [2.24, 2.45) is 23.5 Å². The number of nitrogens with two attached hydrogens (primary N) is 1. The van der Waals surface area contributed by atoms with Crippen molar-refractivity contribution in [1.29, 1.82) is 0 Å². The first-order valence-electron chi connectivity index (χ1n) is 8.20. The smallest absolute Gasteiger partial charge is 0.221 e. The fraction of sp³-hybridized carbons (Fsp3) is 0.875. The van der Waals surface area contributed by atoms with Crippen LogP contribution in [0.5, 0.6) is 0 Å². The van der Waals surface area contributed by atoms with Crippen LogP contribution in [-0.4, -0.2) is 16.4 Å². The van der Waals surface area contributed by atoms with E-state index in [9.17, 15) is 4.79 Å². The zero-order valence-electron chi connectivity index (χ0n) is 12.2. The average molecular weight is 294 g/mol. The Morgan fingerprint density at radius 1 is 1.20 bits per heavy atom. The summed E-state index contributed by atoms with van der Waals surface area (Å²) in [5.74, 6) is 2.49. The highest BCUT2D eigenvalue weighted by Gasteiger charge is 2.42. The Hall–Kier alpha value is -0.640. The van der Waals surface area contributed by atoms with Crippen LogP contribution in [0.2, 0.25) is 0 Å². The van der Waals surface area contributed by atoms with Gasteiger partial charge in [0.2, 0.25) is 5.91 Å². The number of hydrogen-bond acceptors (Lipinski definition) is 2. The third-order valence-electron chi connectivity index (χ3n) is 5.89. The molecule has 0 aromatic carbocycles. The molecule has 3 N–H and O–H groups in total. The second-order valence-corrected chi connectivity index (χ2v) is 7.63. The van der Waals surface area contributed by atoms with E-state index in [1.54, 1.807) is 0 Å². The monoisotopic (exact) mass is 294 g/mol. The van der Waals surface area contributed by atoms with Gasteiger partial charge in [-0.1, -0.05) is 37.9 Å². The van der Waals surface area contributed by atoms with E-state index in [2.05, 4.69) is 5.32 Å². The number of rotatable bonds is 4. The SMILES string of the molecule is NC(=S)C1(NC(=O)CC2CC3CCC2C3)CCCCC1. The average Bonchev–Trinajstić information content (AvgIpc) is 3.01. The molecule has 3 rings (SSSR count). The van der Waals surface area contributed by atoms with Crippen LogP contribution >= 0.6 is 12.2 Å². The minimum absolute atomic E-state index is 0.178. The maximum absolute atomic E-state index is 12.4. The molecule has 0 aromatic rings. The Morgan fingerprint density at radius 2 is 1.95 bits per heavy atom. The zero-order chi connectivity index (χ0) is 14.2. The van der Waals surface area contributed by atoms with Gasteiger partial charge < -0.3 is 11.1 Å². The molecule has 3 aliphatic rings. The summed E-state index contributed by atoms with van der Waals surface area (Å²) in [6, 6.07) is 0. The number of amides is 1. The fourth-order valence-electron chi connectivity index (χ4n) is 4.77. The van der Waals surface area contributed by atoms with Gasteiger partial charge in [0.25, 0.3) is 0 Å². The highest BCUT2D eigenvalue weighted by Crippen LogP contribution is 2.49. The molecule has 20 heavy (non-hydrogen) atoms. The predicted octanol–water partition coefficient (Wildman–Crippen LogP) is 2.92. The lowest BCUT2D eigenvalue weighted by molar-refractivity contribution is -0.123. The van der Waals surface area contributed by atoms with Crippen LogP contribution < -0.4 is 11.1 Å². The zero-order valence-corrected chi connectivity index (χ0v) is 13.0. The molecule has 0 radical (unpaired) electrons. The third-order valence-corrected chi connectivity index (χ3v) is 6.28. The Kier molecular flexibility index (Phi) is 4.02. The Morgan fingerprint density at radius 3 is 2.50 bits per heavy atom. The van der Waals surface area contributed by atoms with Crippen molar-refractivity contribution in [3.8, 4) is 0 Å². The van der Waals surface area contributed by atoms with Gasteiger partial charge in [0.05, 0.1) is 10.5 Å². The molecule has 3 fully saturated rings. The Balaban J connectivity index is 1.58. The van der Waals surface area contributed by atoms with Crippen molar-refractivity contribution in [2.45, 2.75) is 69.7 Å². The number of hydrogen-bond donors (Lipinski definition) is 2. The first kappa shape index (κ1) is 14.3. The van der Waals surface area contributed by atoms with E-state index in [-0.39, 0.29) is 11.4 Å². The molecule has 1 amide bonds. The van der Waals surface area contributed by atoms with E-state index < -0.39 is 0 Å². The lowest BCUT2D eigenvalue weighted by Crippen LogP contribution is -2.57. The maximum Gasteiger partial charge on any atom is 0.221 e. The number of fused-ring (bicyclic) bond motifs is 2. The highest BCUT2D eigenvalue weighted by molar-refractivity contribution is 7.80. The molecule has 0 aromatic heterocycles. The van der Waals surface area contributed by atoms with E-state index in [1.807, 2.05) is 0 Å². The molecule has 3 unspecified atom stereocenters. The summed E-state index contributed by atoms with van der Waals surface area (Å²) < 4.78 is 0. The molecule has 0 aliphatic heterocycles. The van der Waals surface area contributed by atoms with Crippen LogP contribution in [-0.2, 0) is 4.79 Å². The first-order valence-corrected chi connectivity index (χ1v) is 8.61. The minimum Gasteiger partial charge on any atom is -0.391 e. The summed E-state index contributed by atoms with van der Waals surface area (Å²) in [7, 11) is 0. The lowest BCUT2D eigenvalue weighted by atomic mass is 9.80. The van der Waals surface area contributed by atoms with Crippen LogP contribution in [0.4, 0.5) is 0 Å². The molecule has 3 saturated carbocycles. The van der Waals surface area contributed by atoms with Gasteiger partial charge in [-0.15, -0.1) is 0 Å².